The molecule has 2 aromatic rings. The third-order valence-corrected chi connectivity index (χ3v) is 3.88. The molecule has 0 aliphatic carbocycles. The monoisotopic (exact) mass is 358 g/mol. The number of nitrogens with zero attached hydrogens (tertiary/aromatic N) is 1. The Kier molecular flexibility index (Phi) is 6.54. The van der Waals surface area contributed by atoms with Crippen LogP contribution in [0.5, 0.6) is 11.5 Å². The van der Waals surface area contributed by atoms with Gasteiger partial charge < -0.3 is 14.8 Å². The third kappa shape index (κ3) is 4.95. The van der Waals surface area contributed by atoms with Crippen molar-refractivity contribution in [2.75, 3.05) is 13.7 Å². The Morgan fingerprint density at radius 3 is 2.38 bits per heavy atom. The van der Waals surface area contributed by atoms with E-state index in [1.807, 2.05) is 38.1 Å². The number of ether oxygens (including phenoxy) is 2. The van der Waals surface area contributed by atoms with Crippen molar-refractivity contribution in [3.05, 3.63) is 64.2 Å². The van der Waals surface area contributed by atoms with Gasteiger partial charge in [-0.1, -0.05) is 38.1 Å². The molecule has 2 rings (SSSR count). The van der Waals surface area contributed by atoms with E-state index in [0.717, 1.165) is 11.3 Å². The van der Waals surface area contributed by atoms with Crippen LogP contribution < -0.4 is 14.8 Å². The number of benzene rings is 2. The molecule has 0 spiro atoms. The highest BCUT2D eigenvalue weighted by Gasteiger charge is 2.20. The topological polar surface area (TPSA) is 90.7 Å². The number of hydrogen-bond acceptors (Lipinski definition) is 5. The fraction of sp³-hybridized carbons (Fsp3) is 0.316. The van der Waals surface area contributed by atoms with Gasteiger partial charge >= 0.3 is 5.69 Å². The Bertz CT molecular complexity index is 759. The highest BCUT2D eigenvalue weighted by Crippen LogP contribution is 2.26. The van der Waals surface area contributed by atoms with Crippen molar-refractivity contribution in [2.24, 2.45) is 5.92 Å². The van der Waals surface area contributed by atoms with Crippen molar-refractivity contribution in [1.29, 1.82) is 0 Å². The maximum Gasteiger partial charge on any atom is 0.310 e. The van der Waals surface area contributed by atoms with E-state index < -0.39 is 4.92 Å². The molecule has 1 N–H and O–H groups in total. The van der Waals surface area contributed by atoms with Crippen molar-refractivity contribution in [3.63, 3.8) is 0 Å². The molecule has 0 bridgehead atoms. The van der Waals surface area contributed by atoms with Crippen LogP contribution >= 0.6 is 0 Å². The zero-order valence-electron chi connectivity index (χ0n) is 15.0. The van der Waals surface area contributed by atoms with Crippen molar-refractivity contribution in [3.8, 4) is 11.5 Å². The second-order valence-corrected chi connectivity index (χ2v) is 6.08. The Morgan fingerprint density at radius 1 is 1.15 bits per heavy atom. The number of para-hydroxylation sites is 2. The van der Waals surface area contributed by atoms with E-state index >= 15 is 0 Å². The molecule has 0 unspecified atom stereocenters. The molecule has 1 amide bonds. The molecule has 0 fully saturated rings. The van der Waals surface area contributed by atoms with Gasteiger partial charge in [-0.25, -0.2) is 0 Å². The average Bonchev–Trinajstić information content (AvgIpc) is 2.64. The van der Waals surface area contributed by atoms with Crippen LogP contribution in [0, 0.1) is 16.0 Å². The van der Waals surface area contributed by atoms with Crippen molar-refractivity contribution in [1.82, 2.24) is 5.32 Å². The fourth-order valence-corrected chi connectivity index (χ4v) is 2.53. The van der Waals surface area contributed by atoms with Gasteiger partial charge in [0.2, 0.25) is 0 Å². The van der Waals surface area contributed by atoms with Crippen LogP contribution in [0.15, 0.2) is 48.5 Å². The quantitative estimate of drug-likeness (QED) is 0.576. The summed E-state index contributed by atoms with van der Waals surface area (Å²) in [5.74, 6) is 0.608. The first-order valence-corrected chi connectivity index (χ1v) is 8.22. The molecule has 0 heterocycles. The molecule has 0 saturated carbocycles. The Labute approximate surface area is 152 Å². The third-order valence-electron chi connectivity index (χ3n) is 3.88. The highest BCUT2D eigenvalue weighted by atomic mass is 16.6. The molecule has 1 atom stereocenters. The van der Waals surface area contributed by atoms with Gasteiger partial charge in [0.25, 0.3) is 5.91 Å². The van der Waals surface area contributed by atoms with E-state index in [2.05, 4.69) is 5.32 Å². The van der Waals surface area contributed by atoms with Gasteiger partial charge in [-0.2, -0.15) is 0 Å². The number of nitro groups is 1. The summed E-state index contributed by atoms with van der Waals surface area (Å²) in [7, 11) is 1.59. The lowest BCUT2D eigenvalue weighted by Gasteiger charge is -2.23. The summed E-state index contributed by atoms with van der Waals surface area (Å²) in [5.41, 5.74) is 0.774. The summed E-state index contributed by atoms with van der Waals surface area (Å²) < 4.78 is 10.5. The van der Waals surface area contributed by atoms with E-state index in [0.29, 0.717) is 0 Å². The van der Waals surface area contributed by atoms with Gasteiger partial charge in [0.05, 0.1) is 18.1 Å². The SMILES string of the molecule is COc1ccc([C@@H](NC(=O)COc2ccccc2[N+](=O)[O-])C(C)C)cc1. The Balaban J connectivity index is 2.03. The first-order valence-electron chi connectivity index (χ1n) is 8.22. The smallest absolute Gasteiger partial charge is 0.310 e. The predicted octanol–water partition coefficient (Wildman–Crippen LogP) is 3.50. The molecule has 0 aliphatic rings. The molecule has 0 radical (unpaired) electrons. The van der Waals surface area contributed by atoms with Crippen LogP contribution in [-0.4, -0.2) is 24.5 Å². The summed E-state index contributed by atoms with van der Waals surface area (Å²) in [6.07, 6.45) is 0. The number of nitro benzene ring substituents is 1. The van der Waals surface area contributed by atoms with Gasteiger partial charge in [0.1, 0.15) is 5.75 Å². The summed E-state index contributed by atoms with van der Waals surface area (Å²) in [6, 6.07) is 13.2. The molecule has 0 aliphatic heterocycles. The van der Waals surface area contributed by atoms with Gasteiger partial charge in [0.15, 0.2) is 12.4 Å². The predicted molar refractivity (Wildman–Crippen MR) is 97.3 cm³/mol. The summed E-state index contributed by atoms with van der Waals surface area (Å²) >= 11 is 0. The normalized spacial score (nSPS) is 11.7. The molecular formula is C19H22N2O5. The molecule has 0 saturated heterocycles. The molecule has 2 aromatic carbocycles. The largest absolute Gasteiger partial charge is 0.497 e. The minimum atomic E-state index is -0.540. The number of carbonyl (C=O) groups is 1. The Hall–Kier alpha value is -3.09. The van der Waals surface area contributed by atoms with E-state index in [1.165, 1.54) is 12.1 Å². The van der Waals surface area contributed by atoms with Crippen LogP contribution in [0.3, 0.4) is 0 Å². The Morgan fingerprint density at radius 2 is 1.81 bits per heavy atom. The van der Waals surface area contributed by atoms with E-state index in [1.54, 1.807) is 19.2 Å². The minimum Gasteiger partial charge on any atom is -0.497 e. The lowest BCUT2D eigenvalue weighted by Crippen LogP contribution is -2.35. The van der Waals surface area contributed by atoms with Crippen LogP contribution in [0.1, 0.15) is 25.5 Å². The van der Waals surface area contributed by atoms with Gasteiger partial charge in [0, 0.05) is 6.07 Å². The number of carbonyl (C=O) groups excluding carboxylic acids is 1. The van der Waals surface area contributed by atoms with Crippen molar-refractivity contribution < 1.29 is 19.2 Å². The summed E-state index contributed by atoms with van der Waals surface area (Å²) in [5, 5.41) is 13.9. The molecule has 7 nitrogen and oxygen atoms in total. The van der Waals surface area contributed by atoms with E-state index in [4.69, 9.17) is 9.47 Å². The standard InChI is InChI=1S/C19H22N2O5/c1-13(2)19(14-8-10-15(25-3)11-9-14)20-18(22)12-26-17-7-5-4-6-16(17)21(23)24/h4-11,13,19H,12H2,1-3H3,(H,20,22)/t19-/m0/s1. The van der Waals surface area contributed by atoms with Crippen LogP contribution in [-0.2, 0) is 4.79 Å². The van der Waals surface area contributed by atoms with Crippen LogP contribution in [0.4, 0.5) is 5.69 Å². The van der Waals surface area contributed by atoms with Crippen LogP contribution in [0.25, 0.3) is 0 Å². The average molecular weight is 358 g/mol. The van der Waals surface area contributed by atoms with Gasteiger partial charge in [-0.15, -0.1) is 0 Å². The van der Waals surface area contributed by atoms with E-state index in [9.17, 15) is 14.9 Å². The van der Waals surface area contributed by atoms with Crippen molar-refractivity contribution in [2.45, 2.75) is 19.9 Å². The van der Waals surface area contributed by atoms with Gasteiger partial charge in [-0.05, 0) is 29.7 Å². The maximum absolute atomic E-state index is 12.3. The first kappa shape index (κ1) is 19.2. The zero-order chi connectivity index (χ0) is 19.1. The lowest BCUT2D eigenvalue weighted by molar-refractivity contribution is -0.385. The van der Waals surface area contributed by atoms with Crippen LogP contribution in [0.2, 0.25) is 0 Å². The molecule has 7 heteroatoms. The second-order valence-electron chi connectivity index (χ2n) is 6.08. The second kappa shape index (κ2) is 8.84. The minimum absolute atomic E-state index is 0.0678. The zero-order valence-corrected chi connectivity index (χ0v) is 15.0. The number of rotatable bonds is 8. The maximum atomic E-state index is 12.3. The summed E-state index contributed by atoms with van der Waals surface area (Å²) in [4.78, 5) is 22.7. The van der Waals surface area contributed by atoms with E-state index in [-0.39, 0.29) is 35.9 Å². The number of amides is 1. The number of hydrogen-bond donors (Lipinski definition) is 1. The number of nitrogens with one attached hydrogen (secondary N) is 1. The fourth-order valence-electron chi connectivity index (χ4n) is 2.53. The molecule has 138 valence electrons. The number of methoxy groups -OCH3 is 1. The first-order chi connectivity index (χ1) is 12.4. The van der Waals surface area contributed by atoms with Crippen molar-refractivity contribution >= 4 is 11.6 Å². The lowest BCUT2D eigenvalue weighted by atomic mass is 9.96. The molecule has 0 aromatic heterocycles. The highest BCUT2D eigenvalue weighted by molar-refractivity contribution is 5.78. The summed E-state index contributed by atoms with van der Waals surface area (Å²) in [6.45, 7) is 3.69. The molecule has 26 heavy (non-hydrogen) atoms. The molecular weight excluding hydrogens is 336 g/mol. The van der Waals surface area contributed by atoms with Gasteiger partial charge in [-0.3, -0.25) is 14.9 Å².